The highest BCUT2D eigenvalue weighted by Crippen LogP contribution is 2.33. The average Bonchev–Trinajstić information content (AvgIpc) is 3.37. The molecule has 1 aliphatic heterocycles. The van der Waals surface area contributed by atoms with Crippen LogP contribution in [-0.4, -0.2) is 34.6 Å². The number of carbonyl (C=O) groups excluding carboxylic acids is 1. The van der Waals surface area contributed by atoms with Crippen LogP contribution in [0.2, 0.25) is 5.02 Å². The van der Waals surface area contributed by atoms with Crippen LogP contribution >= 0.6 is 11.6 Å². The standard InChI is InChI=1S/C20H18ClN3O3/c1-26-16-9-7-13(8-10-16)18-22-19(27-23-18)17-6-3-11-24(17)20(25)14-4-2-5-15(21)12-14/h2,4-5,7-10,12,17H,3,6,11H2,1H3. The number of amides is 1. The third-order valence-corrected chi connectivity index (χ3v) is 4.90. The number of carbonyl (C=O) groups is 1. The zero-order valence-corrected chi connectivity index (χ0v) is 15.5. The summed E-state index contributed by atoms with van der Waals surface area (Å²) in [6.07, 6.45) is 1.67. The third-order valence-electron chi connectivity index (χ3n) is 4.66. The molecule has 7 heteroatoms. The molecule has 1 fully saturated rings. The molecule has 2 heterocycles. The molecule has 4 rings (SSSR count). The summed E-state index contributed by atoms with van der Waals surface area (Å²) in [4.78, 5) is 19.2. The smallest absolute Gasteiger partial charge is 0.254 e. The van der Waals surface area contributed by atoms with Crippen LogP contribution in [0.25, 0.3) is 11.4 Å². The lowest BCUT2D eigenvalue weighted by atomic mass is 10.1. The van der Waals surface area contributed by atoms with E-state index in [-0.39, 0.29) is 11.9 Å². The van der Waals surface area contributed by atoms with E-state index in [1.165, 1.54) is 0 Å². The van der Waals surface area contributed by atoms with Gasteiger partial charge in [0.15, 0.2) is 0 Å². The molecule has 1 atom stereocenters. The van der Waals surface area contributed by atoms with Gasteiger partial charge in [0.25, 0.3) is 5.91 Å². The van der Waals surface area contributed by atoms with E-state index in [0.29, 0.717) is 28.8 Å². The molecule has 0 bridgehead atoms. The first-order chi connectivity index (χ1) is 13.2. The fraction of sp³-hybridized carbons (Fsp3) is 0.250. The van der Waals surface area contributed by atoms with Crippen molar-refractivity contribution in [2.24, 2.45) is 0 Å². The molecular weight excluding hydrogens is 366 g/mol. The van der Waals surface area contributed by atoms with Crippen molar-refractivity contribution in [3.8, 4) is 17.1 Å². The number of ether oxygens (including phenoxy) is 1. The van der Waals surface area contributed by atoms with Gasteiger partial charge in [-0.1, -0.05) is 22.8 Å². The molecule has 0 spiro atoms. The van der Waals surface area contributed by atoms with E-state index >= 15 is 0 Å². The van der Waals surface area contributed by atoms with Gasteiger partial charge in [-0.05, 0) is 55.3 Å². The van der Waals surface area contributed by atoms with Crippen molar-refractivity contribution in [1.29, 1.82) is 0 Å². The Kier molecular flexibility index (Phi) is 4.81. The summed E-state index contributed by atoms with van der Waals surface area (Å²) in [5.41, 5.74) is 1.39. The van der Waals surface area contributed by atoms with Gasteiger partial charge in [0.05, 0.1) is 7.11 Å². The van der Waals surface area contributed by atoms with Gasteiger partial charge in [-0.15, -0.1) is 0 Å². The van der Waals surface area contributed by atoms with Crippen molar-refractivity contribution in [1.82, 2.24) is 15.0 Å². The van der Waals surface area contributed by atoms with Crippen molar-refractivity contribution >= 4 is 17.5 Å². The van der Waals surface area contributed by atoms with Crippen LogP contribution in [0.5, 0.6) is 5.75 Å². The monoisotopic (exact) mass is 383 g/mol. The molecule has 138 valence electrons. The summed E-state index contributed by atoms with van der Waals surface area (Å²) in [7, 11) is 1.62. The molecule has 2 aromatic carbocycles. The van der Waals surface area contributed by atoms with Crippen LogP contribution in [0, 0.1) is 0 Å². The number of halogens is 1. The zero-order chi connectivity index (χ0) is 18.8. The van der Waals surface area contributed by atoms with Crippen molar-refractivity contribution in [2.45, 2.75) is 18.9 Å². The predicted molar refractivity (Wildman–Crippen MR) is 101 cm³/mol. The Morgan fingerprint density at radius 1 is 1.26 bits per heavy atom. The van der Waals surface area contributed by atoms with Gasteiger partial charge in [-0.2, -0.15) is 4.98 Å². The highest BCUT2D eigenvalue weighted by molar-refractivity contribution is 6.30. The van der Waals surface area contributed by atoms with E-state index in [4.69, 9.17) is 20.9 Å². The molecule has 0 saturated carbocycles. The molecular formula is C20H18ClN3O3. The number of hydrogen-bond acceptors (Lipinski definition) is 5. The van der Waals surface area contributed by atoms with Gasteiger partial charge in [-0.25, -0.2) is 0 Å². The first kappa shape index (κ1) is 17.5. The number of methoxy groups -OCH3 is 1. The van der Waals surface area contributed by atoms with Gasteiger partial charge in [-0.3, -0.25) is 4.79 Å². The molecule has 0 N–H and O–H groups in total. The summed E-state index contributed by atoms with van der Waals surface area (Å²) >= 11 is 6.02. The molecule has 6 nitrogen and oxygen atoms in total. The maximum atomic E-state index is 12.9. The van der Waals surface area contributed by atoms with Crippen molar-refractivity contribution < 1.29 is 14.1 Å². The Morgan fingerprint density at radius 3 is 2.81 bits per heavy atom. The molecule has 3 aromatic rings. The van der Waals surface area contributed by atoms with Gasteiger partial charge >= 0.3 is 0 Å². The fourth-order valence-electron chi connectivity index (χ4n) is 3.28. The van der Waals surface area contributed by atoms with Crippen LogP contribution in [0.3, 0.4) is 0 Å². The molecule has 0 aliphatic carbocycles. The molecule has 1 aromatic heterocycles. The second kappa shape index (κ2) is 7.40. The molecule has 1 amide bonds. The lowest BCUT2D eigenvalue weighted by molar-refractivity contribution is 0.0710. The van der Waals surface area contributed by atoms with Crippen molar-refractivity contribution in [3.63, 3.8) is 0 Å². The Labute approximate surface area is 161 Å². The SMILES string of the molecule is COc1ccc(-c2noc(C3CCCN3C(=O)c3cccc(Cl)c3)n2)cc1. The minimum atomic E-state index is -0.226. The second-order valence-corrected chi connectivity index (χ2v) is 6.79. The van der Waals surface area contributed by atoms with E-state index in [9.17, 15) is 4.79 Å². The topological polar surface area (TPSA) is 68.5 Å². The Balaban J connectivity index is 1.57. The van der Waals surface area contributed by atoms with Gasteiger partial charge in [0, 0.05) is 22.7 Å². The molecule has 1 aliphatic rings. The third kappa shape index (κ3) is 3.53. The number of benzene rings is 2. The Hall–Kier alpha value is -2.86. The van der Waals surface area contributed by atoms with Crippen molar-refractivity contribution in [2.75, 3.05) is 13.7 Å². The zero-order valence-electron chi connectivity index (χ0n) is 14.8. The summed E-state index contributed by atoms with van der Waals surface area (Å²) in [6, 6.07) is 14.2. The van der Waals surface area contributed by atoms with Crippen LogP contribution in [0.4, 0.5) is 0 Å². The van der Waals surface area contributed by atoms with Crippen LogP contribution < -0.4 is 4.74 Å². The second-order valence-electron chi connectivity index (χ2n) is 6.35. The molecule has 1 unspecified atom stereocenters. The number of likely N-dealkylation sites (tertiary alicyclic amines) is 1. The maximum Gasteiger partial charge on any atom is 0.254 e. The maximum absolute atomic E-state index is 12.9. The van der Waals surface area contributed by atoms with Crippen LogP contribution in [0.15, 0.2) is 53.1 Å². The predicted octanol–water partition coefficient (Wildman–Crippen LogP) is 4.38. The summed E-state index contributed by atoms with van der Waals surface area (Å²) in [5.74, 6) is 1.63. The lowest BCUT2D eigenvalue weighted by Crippen LogP contribution is -2.30. The Morgan fingerprint density at radius 2 is 2.07 bits per heavy atom. The average molecular weight is 384 g/mol. The molecule has 27 heavy (non-hydrogen) atoms. The lowest BCUT2D eigenvalue weighted by Gasteiger charge is -2.22. The van der Waals surface area contributed by atoms with E-state index in [1.807, 2.05) is 24.3 Å². The first-order valence-electron chi connectivity index (χ1n) is 8.70. The first-order valence-corrected chi connectivity index (χ1v) is 9.08. The van der Waals surface area contributed by atoms with Gasteiger partial charge < -0.3 is 14.2 Å². The van der Waals surface area contributed by atoms with E-state index in [0.717, 1.165) is 24.2 Å². The van der Waals surface area contributed by atoms with Crippen LogP contribution in [0.1, 0.15) is 35.1 Å². The summed E-state index contributed by atoms with van der Waals surface area (Å²) in [5, 5.41) is 4.62. The number of hydrogen-bond donors (Lipinski definition) is 0. The minimum Gasteiger partial charge on any atom is -0.497 e. The summed E-state index contributed by atoms with van der Waals surface area (Å²) < 4.78 is 10.7. The van der Waals surface area contributed by atoms with E-state index in [1.54, 1.807) is 36.3 Å². The highest BCUT2D eigenvalue weighted by Gasteiger charge is 2.34. The van der Waals surface area contributed by atoms with E-state index < -0.39 is 0 Å². The van der Waals surface area contributed by atoms with Gasteiger partial charge in [0.2, 0.25) is 11.7 Å². The minimum absolute atomic E-state index is 0.0794. The molecule has 0 radical (unpaired) electrons. The largest absolute Gasteiger partial charge is 0.497 e. The fourth-order valence-corrected chi connectivity index (χ4v) is 3.47. The highest BCUT2D eigenvalue weighted by atomic mass is 35.5. The Bertz CT molecular complexity index is 955. The van der Waals surface area contributed by atoms with Crippen molar-refractivity contribution in [3.05, 3.63) is 65.0 Å². The van der Waals surface area contributed by atoms with E-state index in [2.05, 4.69) is 10.1 Å². The van der Waals surface area contributed by atoms with Crippen LogP contribution in [-0.2, 0) is 0 Å². The number of rotatable bonds is 4. The number of aromatic nitrogens is 2. The summed E-state index contributed by atoms with van der Waals surface area (Å²) in [6.45, 7) is 0.649. The molecule has 1 saturated heterocycles. The van der Waals surface area contributed by atoms with Gasteiger partial charge in [0.1, 0.15) is 11.8 Å². The number of nitrogens with zero attached hydrogens (tertiary/aromatic N) is 3. The normalized spacial score (nSPS) is 16.5. The quantitative estimate of drug-likeness (QED) is 0.668.